The molecule has 0 radical (unpaired) electrons. The third-order valence-electron chi connectivity index (χ3n) is 5.60. The number of hydrogen-bond donors (Lipinski definition) is 2. The van der Waals surface area contributed by atoms with Crippen LogP contribution in [-0.4, -0.2) is 41.8 Å². The molecule has 0 saturated heterocycles. The number of benzene rings is 1. The van der Waals surface area contributed by atoms with Gasteiger partial charge in [0, 0.05) is 5.16 Å². The monoisotopic (exact) mass is 411 g/mol. The molecule has 0 fully saturated rings. The zero-order chi connectivity index (χ0) is 21.5. The second-order valence-corrected chi connectivity index (χ2v) is 12.9. The Kier molecular flexibility index (Phi) is 6.28. The maximum atomic E-state index is 14.6. The van der Waals surface area contributed by atoms with Gasteiger partial charge in [0.1, 0.15) is 11.5 Å². The molecule has 6 nitrogen and oxygen atoms in total. The smallest absolute Gasteiger partial charge is 0.230 e. The Morgan fingerprint density at radius 1 is 1.29 bits per heavy atom. The van der Waals surface area contributed by atoms with Crippen LogP contribution < -0.4 is 20.1 Å². The second kappa shape index (κ2) is 7.72. The molecular formula is C21H34NO5P. The van der Waals surface area contributed by atoms with E-state index in [1.807, 2.05) is 34.6 Å². The summed E-state index contributed by atoms with van der Waals surface area (Å²) in [5.74, 6) is -0.0313. The standard InChI is InChI=1S/C21H34NO5P/c1-13(2)14(12-23)22-18(24)21(6,7)19-27-16-11-9-10-15(26-8)17(16)28(19,25)20(3,4)5/h9-11,13-14,19,23H,12H2,1-8H3,(H,22,24)/t14-,19?,28+/m0/s1. The Hall–Kier alpha value is -1.52. The quantitative estimate of drug-likeness (QED) is 0.701. The van der Waals surface area contributed by atoms with Crippen molar-refractivity contribution in [2.24, 2.45) is 11.3 Å². The molecule has 0 bridgehead atoms. The molecule has 28 heavy (non-hydrogen) atoms. The molecule has 1 amide bonds. The summed E-state index contributed by atoms with van der Waals surface area (Å²) in [5.41, 5.74) is -1.09. The molecule has 0 spiro atoms. The molecule has 0 aromatic heterocycles. The Morgan fingerprint density at radius 2 is 1.89 bits per heavy atom. The molecule has 2 rings (SSSR count). The summed E-state index contributed by atoms with van der Waals surface area (Å²) in [4.78, 5) is 13.2. The second-order valence-electron chi connectivity index (χ2n) is 9.33. The molecule has 7 heteroatoms. The van der Waals surface area contributed by atoms with E-state index < -0.39 is 23.6 Å². The highest BCUT2D eigenvalue weighted by molar-refractivity contribution is 7.74. The first-order valence-corrected chi connectivity index (χ1v) is 11.5. The Morgan fingerprint density at radius 3 is 2.36 bits per heavy atom. The average molecular weight is 411 g/mol. The molecule has 1 aliphatic heterocycles. The van der Waals surface area contributed by atoms with Crippen molar-refractivity contribution < 1.29 is 23.9 Å². The minimum Gasteiger partial charge on any atom is -0.496 e. The van der Waals surface area contributed by atoms with E-state index in [1.54, 1.807) is 39.2 Å². The first-order valence-electron chi connectivity index (χ1n) is 9.68. The van der Waals surface area contributed by atoms with E-state index in [2.05, 4.69) is 5.32 Å². The number of ether oxygens (including phenoxy) is 2. The minimum absolute atomic E-state index is 0.0703. The van der Waals surface area contributed by atoms with Gasteiger partial charge in [-0.15, -0.1) is 0 Å². The van der Waals surface area contributed by atoms with Gasteiger partial charge in [-0.1, -0.05) is 40.7 Å². The molecular weight excluding hydrogens is 377 g/mol. The summed E-state index contributed by atoms with van der Waals surface area (Å²) in [5, 5.41) is 12.4. The molecule has 1 aliphatic rings. The minimum atomic E-state index is -3.23. The van der Waals surface area contributed by atoms with Crippen molar-refractivity contribution in [3.8, 4) is 11.5 Å². The predicted octanol–water partition coefficient (Wildman–Crippen LogP) is 3.36. The number of fused-ring (bicyclic) bond motifs is 1. The molecule has 2 N–H and O–H groups in total. The Balaban J connectivity index is 2.55. The number of rotatable bonds is 6. The van der Waals surface area contributed by atoms with Crippen LogP contribution in [0.1, 0.15) is 48.5 Å². The van der Waals surface area contributed by atoms with Crippen LogP contribution in [0.2, 0.25) is 0 Å². The van der Waals surface area contributed by atoms with Crippen LogP contribution in [0.15, 0.2) is 18.2 Å². The highest BCUT2D eigenvalue weighted by Gasteiger charge is 2.61. The fraction of sp³-hybridized carbons (Fsp3) is 0.667. The first-order chi connectivity index (χ1) is 12.8. The van der Waals surface area contributed by atoms with Crippen LogP contribution in [0.4, 0.5) is 0 Å². The van der Waals surface area contributed by atoms with Crippen molar-refractivity contribution in [1.82, 2.24) is 5.32 Å². The van der Waals surface area contributed by atoms with E-state index >= 15 is 0 Å². The highest BCUT2D eigenvalue weighted by atomic mass is 31.2. The lowest BCUT2D eigenvalue weighted by atomic mass is 9.91. The molecule has 0 aliphatic carbocycles. The number of amides is 1. The van der Waals surface area contributed by atoms with Crippen molar-refractivity contribution in [2.75, 3.05) is 13.7 Å². The number of aliphatic hydroxyl groups is 1. The van der Waals surface area contributed by atoms with Gasteiger partial charge in [-0.25, -0.2) is 0 Å². The van der Waals surface area contributed by atoms with E-state index in [1.165, 1.54) is 0 Å². The van der Waals surface area contributed by atoms with Gasteiger partial charge in [0.2, 0.25) is 5.91 Å². The van der Waals surface area contributed by atoms with Crippen molar-refractivity contribution in [2.45, 2.75) is 65.5 Å². The van der Waals surface area contributed by atoms with E-state index in [-0.39, 0.29) is 24.5 Å². The molecule has 1 heterocycles. The SMILES string of the molecule is COc1cccc2c1[P@](=O)(C(C)(C)C)C(C(C)(C)C(=O)N[C@@H](CO)C(C)C)O2. The predicted molar refractivity (Wildman–Crippen MR) is 112 cm³/mol. The van der Waals surface area contributed by atoms with Gasteiger partial charge in [-0.2, -0.15) is 0 Å². The first kappa shape index (κ1) is 22.8. The summed E-state index contributed by atoms with van der Waals surface area (Å²) in [6.07, 6.45) is 0. The van der Waals surface area contributed by atoms with Gasteiger partial charge in [-0.05, 0) is 31.9 Å². The lowest BCUT2D eigenvalue weighted by Crippen LogP contribution is -2.52. The van der Waals surface area contributed by atoms with Crippen molar-refractivity contribution in [1.29, 1.82) is 0 Å². The number of aliphatic hydroxyl groups excluding tert-OH is 1. The van der Waals surface area contributed by atoms with E-state index in [4.69, 9.17) is 9.47 Å². The number of carbonyl (C=O) groups is 1. The zero-order valence-electron chi connectivity index (χ0n) is 18.2. The average Bonchev–Trinajstić information content (AvgIpc) is 2.94. The van der Waals surface area contributed by atoms with E-state index in [9.17, 15) is 14.5 Å². The summed E-state index contributed by atoms with van der Waals surface area (Å²) in [7, 11) is -1.69. The molecule has 158 valence electrons. The summed E-state index contributed by atoms with van der Waals surface area (Å²) in [6, 6.07) is 4.96. The summed E-state index contributed by atoms with van der Waals surface area (Å²) < 4.78 is 26.3. The summed E-state index contributed by atoms with van der Waals surface area (Å²) in [6.45, 7) is 12.9. The van der Waals surface area contributed by atoms with Crippen LogP contribution in [0.25, 0.3) is 0 Å². The van der Waals surface area contributed by atoms with Gasteiger partial charge in [0.25, 0.3) is 0 Å². The van der Waals surface area contributed by atoms with Crippen LogP contribution >= 0.6 is 7.14 Å². The Labute approximate surface area is 168 Å². The number of nitrogens with one attached hydrogen (secondary N) is 1. The van der Waals surface area contributed by atoms with Gasteiger partial charge in [0.15, 0.2) is 13.0 Å². The molecule has 0 saturated carbocycles. The number of carbonyl (C=O) groups excluding carboxylic acids is 1. The van der Waals surface area contributed by atoms with Gasteiger partial charge in [-0.3, -0.25) is 4.79 Å². The van der Waals surface area contributed by atoms with Gasteiger partial charge in [0.05, 0.1) is 30.5 Å². The molecule has 1 unspecified atom stereocenters. The lowest BCUT2D eigenvalue weighted by molar-refractivity contribution is -0.133. The largest absolute Gasteiger partial charge is 0.496 e. The van der Waals surface area contributed by atoms with Gasteiger partial charge < -0.3 is 24.5 Å². The zero-order valence-corrected chi connectivity index (χ0v) is 19.1. The maximum absolute atomic E-state index is 14.6. The molecule has 3 atom stereocenters. The fourth-order valence-electron chi connectivity index (χ4n) is 3.58. The van der Waals surface area contributed by atoms with Crippen molar-refractivity contribution >= 4 is 18.4 Å². The van der Waals surface area contributed by atoms with Crippen LogP contribution in [0, 0.1) is 11.3 Å². The number of methoxy groups -OCH3 is 1. The van der Waals surface area contributed by atoms with Crippen molar-refractivity contribution in [3.05, 3.63) is 18.2 Å². The third kappa shape index (κ3) is 3.57. The normalized spacial score (nSPS) is 23.1. The molecule has 1 aromatic carbocycles. The van der Waals surface area contributed by atoms with E-state index in [0.29, 0.717) is 16.8 Å². The highest BCUT2D eigenvalue weighted by Crippen LogP contribution is 2.70. The maximum Gasteiger partial charge on any atom is 0.230 e. The lowest BCUT2D eigenvalue weighted by Gasteiger charge is -2.39. The molecule has 1 aromatic rings. The number of hydrogen-bond acceptors (Lipinski definition) is 5. The fourth-order valence-corrected chi connectivity index (χ4v) is 7.42. The van der Waals surface area contributed by atoms with Gasteiger partial charge >= 0.3 is 0 Å². The van der Waals surface area contributed by atoms with E-state index in [0.717, 1.165) is 0 Å². The van der Waals surface area contributed by atoms with Crippen LogP contribution in [0.5, 0.6) is 11.5 Å². The Bertz CT molecular complexity index is 781. The summed E-state index contributed by atoms with van der Waals surface area (Å²) >= 11 is 0. The van der Waals surface area contributed by atoms with Crippen molar-refractivity contribution in [3.63, 3.8) is 0 Å². The topological polar surface area (TPSA) is 84.9 Å². The van der Waals surface area contributed by atoms with Crippen LogP contribution in [-0.2, 0) is 9.36 Å². The third-order valence-corrected chi connectivity index (χ3v) is 10.1. The van der Waals surface area contributed by atoms with Crippen LogP contribution in [0.3, 0.4) is 0 Å².